The molecule has 8 rings (SSSR count). The molecule has 43 heavy (non-hydrogen) atoms. The summed E-state index contributed by atoms with van der Waals surface area (Å²) in [4.78, 5) is 5.41. The normalized spacial score (nSPS) is 37.1. The van der Waals surface area contributed by atoms with E-state index in [0.29, 0.717) is 23.8 Å². The van der Waals surface area contributed by atoms with E-state index < -0.39 is 0 Å². The quantitative estimate of drug-likeness (QED) is 0.346. The molecule has 0 bridgehead atoms. The Kier molecular flexibility index (Phi) is 6.38. The summed E-state index contributed by atoms with van der Waals surface area (Å²) in [5, 5.41) is 19.2. The van der Waals surface area contributed by atoms with Crippen molar-refractivity contribution >= 4 is 11.3 Å². The predicted octanol–water partition coefficient (Wildman–Crippen LogP) is 8.38. The van der Waals surface area contributed by atoms with Crippen LogP contribution in [0.4, 0.5) is 5.69 Å². The van der Waals surface area contributed by atoms with Crippen molar-refractivity contribution in [3.8, 4) is 12.1 Å². The molecule has 0 spiro atoms. The number of benzene rings is 1. The molecule has 0 saturated carbocycles. The third-order valence-corrected chi connectivity index (χ3v) is 11.5. The topological polar surface area (TPSA) is 54.1 Å². The summed E-state index contributed by atoms with van der Waals surface area (Å²) < 4.78 is 0. The lowest BCUT2D eigenvalue weighted by molar-refractivity contribution is 0.170. The molecule has 8 atom stereocenters. The highest BCUT2D eigenvalue weighted by Gasteiger charge is 2.55. The van der Waals surface area contributed by atoms with Crippen LogP contribution in [0.2, 0.25) is 0 Å². The van der Waals surface area contributed by atoms with Crippen molar-refractivity contribution in [2.75, 3.05) is 4.90 Å². The zero-order chi connectivity index (χ0) is 29.1. The molecular weight excluding hydrogens is 524 g/mol. The first-order valence-electron chi connectivity index (χ1n) is 16.4. The minimum absolute atomic E-state index is 0.0899. The van der Waals surface area contributed by atoms with Crippen LogP contribution in [0.3, 0.4) is 0 Å². The molecule has 7 unspecified atom stereocenters. The first-order valence-corrected chi connectivity index (χ1v) is 16.4. The first kappa shape index (κ1) is 26.6. The lowest BCUT2D eigenvalue weighted by atomic mass is 9.73. The summed E-state index contributed by atoms with van der Waals surface area (Å²) in [6.07, 6.45) is 31.7. The number of anilines is 1. The lowest BCUT2D eigenvalue weighted by Crippen LogP contribution is -2.49. The van der Waals surface area contributed by atoms with Gasteiger partial charge in [0.15, 0.2) is 0 Å². The number of likely N-dealkylation sites (tertiary alicyclic amines) is 1. The van der Waals surface area contributed by atoms with Gasteiger partial charge in [-0.05, 0) is 80.7 Å². The van der Waals surface area contributed by atoms with Gasteiger partial charge in [-0.2, -0.15) is 10.5 Å². The van der Waals surface area contributed by atoms with Crippen LogP contribution in [0.1, 0.15) is 63.9 Å². The standard InChI is InChI=1S/C39H40N4/c1-39-20-5-4-10-35(39)34-21-27(25-41)14-19-37(34)43(39)31-17-18-33-32-9-2-3-11-36(32)42(38(33)23-31)30-8-6-7-29(22-30)28-15-12-26(24-40)13-16-28/h3-8,10-11,15,17-20,22,26-27,31-32,34-36H,2,9,12-14,16,21,23H2,1H3/t26?,27?,31?,32?,34-,35?,36?,39?/m0/s1. The second-order valence-electron chi connectivity index (χ2n) is 13.8. The van der Waals surface area contributed by atoms with Crippen LogP contribution >= 0.6 is 0 Å². The molecule has 0 N–H and O–H groups in total. The Balaban J connectivity index is 1.16. The fourth-order valence-electron chi connectivity index (χ4n) is 9.45. The molecule has 5 aliphatic carbocycles. The van der Waals surface area contributed by atoms with E-state index >= 15 is 0 Å². The van der Waals surface area contributed by atoms with Crippen LogP contribution in [0.25, 0.3) is 5.57 Å². The SMILES string of the molecule is CC12C=CC=CC1[C@@H]1CC(C#N)CC=C1N2C1C=CC2=C(C1)N(c1cccc(C3=CCC(C#N)CC3)c1)C1C=CCCC21. The van der Waals surface area contributed by atoms with E-state index in [-0.39, 0.29) is 23.4 Å². The molecule has 7 aliphatic rings. The molecule has 4 heteroatoms. The maximum atomic E-state index is 9.78. The second kappa shape index (κ2) is 10.3. The lowest BCUT2D eigenvalue weighted by Gasteiger charge is -2.45. The zero-order valence-corrected chi connectivity index (χ0v) is 25.1. The smallest absolute Gasteiger partial charge is 0.0659 e. The van der Waals surface area contributed by atoms with Gasteiger partial charge in [-0.25, -0.2) is 0 Å². The molecule has 0 amide bonds. The van der Waals surface area contributed by atoms with Crippen molar-refractivity contribution < 1.29 is 0 Å². The second-order valence-corrected chi connectivity index (χ2v) is 13.8. The third-order valence-electron chi connectivity index (χ3n) is 11.5. The van der Waals surface area contributed by atoms with E-state index in [4.69, 9.17) is 0 Å². The van der Waals surface area contributed by atoms with Gasteiger partial charge in [-0.3, -0.25) is 0 Å². The zero-order valence-electron chi connectivity index (χ0n) is 25.1. The fourth-order valence-corrected chi connectivity index (χ4v) is 9.45. The highest BCUT2D eigenvalue weighted by Crippen LogP contribution is 2.56. The highest BCUT2D eigenvalue weighted by atomic mass is 15.3. The highest BCUT2D eigenvalue weighted by molar-refractivity contribution is 5.72. The van der Waals surface area contributed by atoms with Crippen molar-refractivity contribution in [2.24, 2.45) is 29.6 Å². The van der Waals surface area contributed by atoms with Gasteiger partial charge in [0.2, 0.25) is 0 Å². The molecular formula is C39H40N4. The molecule has 216 valence electrons. The molecule has 1 aromatic rings. The Morgan fingerprint density at radius 2 is 1.84 bits per heavy atom. The Morgan fingerprint density at radius 3 is 2.67 bits per heavy atom. The van der Waals surface area contributed by atoms with Gasteiger partial charge in [0.25, 0.3) is 0 Å². The summed E-state index contributed by atoms with van der Waals surface area (Å²) in [6.45, 7) is 2.42. The number of nitriles is 2. The minimum Gasteiger partial charge on any atom is -0.359 e. The average molecular weight is 565 g/mol. The summed E-state index contributed by atoms with van der Waals surface area (Å²) in [6, 6.07) is 14.9. The summed E-state index contributed by atoms with van der Waals surface area (Å²) in [5.74, 6) is 1.60. The van der Waals surface area contributed by atoms with E-state index in [1.54, 1.807) is 0 Å². The number of rotatable bonds is 3. The van der Waals surface area contributed by atoms with Crippen molar-refractivity contribution in [1.82, 2.24) is 4.90 Å². The fraction of sp³-hybridized carbons (Fsp3) is 0.436. The molecule has 0 radical (unpaired) electrons. The van der Waals surface area contributed by atoms with Crippen LogP contribution in [0, 0.1) is 52.3 Å². The summed E-state index contributed by atoms with van der Waals surface area (Å²) in [5.41, 5.74) is 8.36. The Hall–Kier alpha value is -4.02. The van der Waals surface area contributed by atoms with Crippen LogP contribution in [0.15, 0.2) is 102 Å². The number of hydrogen-bond acceptors (Lipinski definition) is 4. The largest absolute Gasteiger partial charge is 0.359 e. The minimum atomic E-state index is -0.0899. The van der Waals surface area contributed by atoms with E-state index in [0.717, 1.165) is 44.9 Å². The molecule has 2 heterocycles. The van der Waals surface area contributed by atoms with E-state index in [2.05, 4.69) is 114 Å². The maximum Gasteiger partial charge on any atom is 0.0659 e. The number of nitrogens with zero attached hydrogens (tertiary/aromatic N) is 4. The van der Waals surface area contributed by atoms with Gasteiger partial charge in [0.05, 0.1) is 41.6 Å². The molecule has 0 aromatic heterocycles. The van der Waals surface area contributed by atoms with Crippen LogP contribution in [0.5, 0.6) is 0 Å². The van der Waals surface area contributed by atoms with Crippen molar-refractivity contribution in [3.63, 3.8) is 0 Å². The summed E-state index contributed by atoms with van der Waals surface area (Å²) >= 11 is 0. The maximum absolute atomic E-state index is 9.78. The molecule has 1 aromatic carbocycles. The predicted molar refractivity (Wildman–Crippen MR) is 172 cm³/mol. The monoisotopic (exact) mass is 564 g/mol. The van der Waals surface area contributed by atoms with E-state index in [1.807, 2.05) is 0 Å². The van der Waals surface area contributed by atoms with Gasteiger partial charge in [-0.15, -0.1) is 0 Å². The molecule has 4 nitrogen and oxygen atoms in total. The van der Waals surface area contributed by atoms with Gasteiger partial charge in [-0.1, -0.05) is 72.9 Å². The van der Waals surface area contributed by atoms with Gasteiger partial charge >= 0.3 is 0 Å². The third kappa shape index (κ3) is 4.14. The first-order chi connectivity index (χ1) is 21.1. The van der Waals surface area contributed by atoms with Crippen LogP contribution < -0.4 is 4.90 Å². The Bertz CT molecular complexity index is 1630. The van der Waals surface area contributed by atoms with Gasteiger partial charge < -0.3 is 9.80 Å². The number of fused-ring (bicyclic) bond motifs is 5. The molecule has 1 saturated heterocycles. The Morgan fingerprint density at radius 1 is 0.953 bits per heavy atom. The molecule has 2 aliphatic heterocycles. The Labute approximate surface area is 256 Å². The van der Waals surface area contributed by atoms with Crippen LogP contribution in [-0.4, -0.2) is 22.5 Å². The number of allylic oxidation sites excluding steroid dienone is 8. The van der Waals surface area contributed by atoms with Gasteiger partial charge in [0, 0.05) is 41.3 Å². The van der Waals surface area contributed by atoms with Crippen molar-refractivity contribution in [2.45, 2.75) is 75.9 Å². The van der Waals surface area contributed by atoms with Gasteiger partial charge in [0.1, 0.15) is 0 Å². The van der Waals surface area contributed by atoms with E-state index in [9.17, 15) is 10.5 Å². The van der Waals surface area contributed by atoms with Crippen molar-refractivity contribution in [3.05, 3.63) is 108 Å². The molecule has 1 fully saturated rings. The number of hydrogen-bond donors (Lipinski definition) is 0. The van der Waals surface area contributed by atoms with E-state index in [1.165, 1.54) is 40.2 Å². The summed E-state index contributed by atoms with van der Waals surface area (Å²) in [7, 11) is 0. The van der Waals surface area contributed by atoms with Crippen LogP contribution in [-0.2, 0) is 0 Å². The van der Waals surface area contributed by atoms with Crippen molar-refractivity contribution in [1.29, 1.82) is 10.5 Å². The average Bonchev–Trinajstić information content (AvgIpc) is 3.53.